The quantitative estimate of drug-likeness (QED) is 0.626. The molecule has 1 saturated heterocycles. The Bertz CT molecular complexity index is 79.3. The van der Waals surface area contributed by atoms with Crippen LogP contribution in [-0.2, 0) is 4.74 Å². The molecule has 0 aliphatic carbocycles. The van der Waals surface area contributed by atoms with Crippen molar-refractivity contribution in [3.05, 3.63) is 6.61 Å². The monoisotopic (exact) mass is 159 g/mol. The maximum absolute atomic E-state index is 5.47. The SMILES string of the molecule is CC[CH]OC1CCCCS1. The fourth-order valence-electron chi connectivity index (χ4n) is 1.02. The van der Waals surface area contributed by atoms with Crippen molar-refractivity contribution in [2.24, 2.45) is 0 Å². The molecule has 0 amide bonds. The average Bonchev–Trinajstić information content (AvgIpc) is 2.03. The van der Waals surface area contributed by atoms with Gasteiger partial charge in [0.2, 0.25) is 0 Å². The Balaban J connectivity index is 2.02. The van der Waals surface area contributed by atoms with Crippen LogP contribution in [0.4, 0.5) is 0 Å². The summed E-state index contributed by atoms with van der Waals surface area (Å²) in [4.78, 5) is 0. The average molecular weight is 159 g/mol. The summed E-state index contributed by atoms with van der Waals surface area (Å²) in [6.07, 6.45) is 4.98. The van der Waals surface area contributed by atoms with Gasteiger partial charge in [-0.05, 0) is 31.4 Å². The molecule has 1 radical (unpaired) electrons. The molecule has 2 heteroatoms. The van der Waals surface area contributed by atoms with Gasteiger partial charge >= 0.3 is 0 Å². The molecular formula is C8H15OS. The molecule has 0 aromatic rings. The first-order chi connectivity index (χ1) is 4.93. The first-order valence-electron chi connectivity index (χ1n) is 4.02. The van der Waals surface area contributed by atoms with E-state index in [2.05, 4.69) is 6.92 Å². The van der Waals surface area contributed by atoms with Crippen molar-refractivity contribution >= 4 is 11.8 Å². The first-order valence-corrected chi connectivity index (χ1v) is 5.07. The maximum atomic E-state index is 5.47. The predicted molar refractivity (Wildman–Crippen MR) is 45.8 cm³/mol. The van der Waals surface area contributed by atoms with Crippen LogP contribution in [0.25, 0.3) is 0 Å². The van der Waals surface area contributed by atoms with E-state index in [9.17, 15) is 0 Å². The van der Waals surface area contributed by atoms with E-state index < -0.39 is 0 Å². The summed E-state index contributed by atoms with van der Waals surface area (Å²) in [5.41, 5.74) is 0.466. The molecule has 1 nitrogen and oxygen atoms in total. The number of rotatable bonds is 3. The second kappa shape index (κ2) is 5.03. The standard InChI is InChI=1S/C8H15OS/c1-2-6-9-8-5-3-4-7-10-8/h6,8H,2-5,7H2,1H3. The molecule has 1 aliphatic heterocycles. The second-order valence-corrected chi connectivity index (χ2v) is 3.77. The van der Waals surface area contributed by atoms with Crippen LogP contribution in [0.1, 0.15) is 32.6 Å². The highest BCUT2D eigenvalue weighted by Crippen LogP contribution is 2.26. The highest BCUT2D eigenvalue weighted by molar-refractivity contribution is 7.99. The summed E-state index contributed by atoms with van der Waals surface area (Å²) in [5.74, 6) is 1.28. The van der Waals surface area contributed by atoms with E-state index >= 15 is 0 Å². The van der Waals surface area contributed by atoms with Crippen LogP contribution in [0, 0.1) is 6.61 Å². The zero-order valence-electron chi connectivity index (χ0n) is 6.51. The van der Waals surface area contributed by atoms with E-state index in [1.807, 2.05) is 18.4 Å². The molecule has 1 heterocycles. The van der Waals surface area contributed by atoms with Crippen LogP contribution in [0.5, 0.6) is 0 Å². The summed E-state index contributed by atoms with van der Waals surface area (Å²) >= 11 is 1.95. The lowest BCUT2D eigenvalue weighted by Crippen LogP contribution is -2.11. The molecule has 0 saturated carbocycles. The van der Waals surface area contributed by atoms with E-state index in [1.165, 1.54) is 25.0 Å². The molecule has 1 atom stereocenters. The molecule has 1 fully saturated rings. The van der Waals surface area contributed by atoms with Crippen LogP contribution in [0.3, 0.4) is 0 Å². The van der Waals surface area contributed by atoms with Crippen molar-refractivity contribution in [1.82, 2.24) is 0 Å². The van der Waals surface area contributed by atoms with Gasteiger partial charge in [0.1, 0.15) is 5.44 Å². The Morgan fingerprint density at radius 3 is 3.10 bits per heavy atom. The van der Waals surface area contributed by atoms with Gasteiger partial charge in [0.25, 0.3) is 0 Å². The van der Waals surface area contributed by atoms with Gasteiger partial charge in [-0.15, -0.1) is 11.8 Å². The molecule has 59 valence electrons. The van der Waals surface area contributed by atoms with Gasteiger partial charge in [0.05, 0.1) is 6.61 Å². The molecule has 10 heavy (non-hydrogen) atoms. The van der Waals surface area contributed by atoms with E-state index in [-0.39, 0.29) is 0 Å². The largest absolute Gasteiger partial charge is 0.362 e. The highest BCUT2D eigenvalue weighted by atomic mass is 32.2. The van der Waals surface area contributed by atoms with Crippen LogP contribution in [0.15, 0.2) is 0 Å². The van der Waals surface area contributed by atoms with Crippen molar-refractivity contribution in [3.63, 3.8) is 0 Å². The predicted octanol–water partition coefficient (Wildman–Crippen LogP) is 2.82. The molecule has 0 spiro atoms. The van der Waals surface area contributed by atoms with Crippen molar-refractivity contribution in [2.45, 2.75) is 38.0 Å². The summed E-state index contributed by atoms with van der Waals surface area (Å²) in [7, 11) is 0. The maximum Gasteiger partial charge on any atom is 0.103 e. The Kier molecular flexibility index (Phi) is 4.23. The Labute approximate surface area is 67.5 Å². The van der Waals surface area contributed by atoms with Crippen LogP contribution >= 0.6 is 11.8 Å². The van der Waals surface area contributed by atoms with Crippen LogP contribution in [-0.4, -0.2) is 11.2 Å². The van der Waals surface area contributed by atoms with E-state index in [4.69, 9.17) is 4.74 Å². The van der Waals surface area contributed by atoms with Gasteiger partial charge in [0, 0.05) is 0 Å². The van der Waals surface area contributed by atoms with Crippen molar-refractivity contribution < 1.29 is 4.74 Å². The van der Waals surface area contributed by atoms with Crippen LogP contribution < -0.4 is 0 Å². The summed E-state index contributed by atoms with van der Waals surface area (Å²) in [5, 5.41) is 0. The van der Waals surface area contributed by atoms with Gasteiger partial charge in [-0.1, -0.05) is 6.92 Å². The highest BCUT2D eigenvalue weighted by Gasteiger charge is 2.12. The molecule has 1 rings (SSSR count). The Morgan fingerprint density at radius 1 is 1.60 bits per heavy atom. The van der Waals surface area contributed by atoms with E-state index in [0.29, 0.717) is 5.44 Å². The zero-order valence-corrected chi connectivity index (χ0v) is 7.32. The Hall–Kier alpha value is 0.310. The third-order valence-electron chi connectivity index (χ3n) is 1.55. The normalized spacial score (nSPS) is 26.7. The van der Waals surface area contributed by atoms with Crippen LogP contribution in [0.2, 0.25) is 0 Å². The lowest BCUT2D eigenvalue weighted by molar-refractivity contribution is 0.158. The summed E-state index contributed by atoms with van der Waals surface area (Å²) in [6, 6.07) is 0. The minimum absolute atomic E-state index is 0.466. The van der Waals surface area contributed by atoms with Gasteiger partial charge < -0.3 is 4.74 Å². The van der Waals surface area contributed by atoms with Crippen molar-refractivity contribution in [3.8, 4) is 0 Å². The Morgan fingerprint density at radius 2 is 2.50 bits per heavy atom. The third kappa shape index (κ3) is 2.93. The zero-order chi connectivity index (χ0) is 7.23. The third-order valence-corrected chi connectivity index (χ3v) is 2.80. The molecule has 0 bridgehead atoms. The van der Waals surface area contributed by atoms with Gasteiger partial charge in [-0.25, -0.2) is 0 Å². The number of hydrogen-bond acceptors (Lipinski definition) is 2. The van der Waals surface area contributed by atoms with Gasteiger partial charge in [-0.2, -0.15) is 0 Å². The summed E-state index contributed by atoms with van der Waals surface area (Å²) < 4.78 is 5.47. The second-order valence-electron chi connectivity index (χ2n) is 2.51. The number of thioether (sulfide) groups is 1. The van der Waals surface area contributed by atoms with E-state index in [0.717, 1.165) is 6.42 Å². The topological polar surface area (TPSA) is 9.23 Å². The minimum Gasteiger partial charge on any atom is -0.362 e. The van der Waals surface area contributed by atoms with Gasteiger partial charge in [-0.3, -0.25) is 0 Å². The molecule has 1 aliphatic rings. The molecule has 1 unspecified atom stereocenters. The van der Waals surface area contributed by atoms with Crippen molar-refractivity contribution in [2.75, 3.05) is 5.75 Å². The fraction of sp³-hybridized carbons (Fsp3) is 0.875. The van der Waals surface area contributed by atoms with Gasteiger partial charge in [0.15, 0.2) is 0 Å². The molecule has 0 N–H and O–H groups in total. The minimum atomic E-state index is 0.466. The smallest absolute Gasteiger partial charge is 0.103 e. The lowest BCUT2D eigenvalue weighted by Gasteiger charge is -2.20. The molecular weight excluding hydrogens is 144 g/mol. The molecule has 0 aromatic carbocycles. The number of ether oxygens (including phenoxy) is 1. The molecule has 0 aromatic heterocycles. The summed E-state index contributed by atoms with van der Waals surface area (Å²) in [6.45, 7) is 4.02. The number of hydrogen-bond donors (Lipinski definition) is 0. The lowest BCUT2D eigenvalue weighted by atomic mass is 10.2. The first kappa shape index (κ1) is 8.41. The van der Waals surface area contributed by atoms with Crippen molar-refractivity contribution in [1.29, 1.82) is 0 Å². The fourth-order valence-corrected chi connectivity index (χ4v) is 2.15. The van der Waals surface area contributed by atoms with E-state index in [1.54, 1.807) is 0 Å².